The smallest absolute Gasteiger partial charge is 0.374 e. The number of aryl methyl sites for hydroxylation is 3. The normalized spacial score (nSPS) is 11.3. The first-order valence-electron chi connectivity index (χ1n) is 11.7. The average Bonchev–Trinajstić information content (AvgIpc) is 3.16. The van der Waals surface area contributed by atoms with Crippen LogP contribution in [0.3, 0.4) is 0 Å². The summed E-state index contributed by atoms with van der Waals surface area (Å²) < 4.78 is 13.4. The standard InChI is InChI=1S/C29H31NO3S/c1-5-32-29(31)28-22(4)25-18-24(14-15-27(25)33-28)34-30(17-16-23-12-7-6-8-13-23)19-26-20(2)10-9-11-21(26)3/h6-15,18H,5,16-17,19H2,1-4H3. The highest BCUT2D eigenvalue weighted by Gasteiger charge is 2.20. The molecule has 0 N–H and O–H groups in total. The van der Waals surface area contributed by atoms with Crippen LogP contribution in [0.5, 0.6) is 0 Å². The molecule has 4 nitrogen and oxygen atoms in total. The van der Waals surface area contributed by atoms with Gasteiger partial charge in [-0.25, -0.2) is 9.10 Å². The lowest BCUT2D eigenvalue weighted by Gasteiger charge is -2.23. The molecule has 0 aliphatic carbocycles. The monoisotopic (exact) mass is 473 g/mol. The summed E-state index contributed by atoms with van der Waals surface area (Å²) in [7, 11) is 0. The average molecular weight is 474 g/mol. The van der Waals surface area contributed by atoms with Gasteiger partial charge in [-0.3, -0.25) is 0 Å². The summed E-state index contributed by atoms with van der Waals surface area (Å²) in [5.74, 6) is -0.125. The fraction of sp³-hybridized carbons (Fsp3) is 0.276. The van der Waals surface area contributed by atoms with E-state index in [4.69, 9.17) is 9.15 Å². The van der Waals surface area contributed by atoms with E-state index in [0.717, 1.165) is 35.4 Å². The zero-order chi connectivity index (χ0) is 24.1. The molecule has 4 aromatic rings. The summed E-state index contributed by atoms with van der Waals surface area (Å²) in [5, 5.41) is 0.947. The van der Waals surface area contributed by atoms with E-state index in [1.807, 2.05) is 13.0 Å². The van der Waals surface area contributed by atoms with Crippen LogP contribution in [0.2, 0.25) is 0 Å². The number of benzene rings is 3. The zero-order valence-electron chi connectivity index (χ0n) is 20.3. The molecule has 0 aliphatic heterocycles. The van der Waals surface area contributed by atoms with Gasteiger partial charge in [0.05, 0.1) is 6.61 Å². The predicted molar refractivity (Wildman–Crippen MR) is 139 cm³/mol. The Balaban J connectivity index is 1.60. The fourth-order valence-electron chi connectivity index (χ4n) is 4.13. The lowest BCUT2D eigenvalue weighted by atomic mass is 10.0. The van der Waals surface area contributed by atoms with Crippen LogP contribution in [0.4, 0.5) is 0 Å². The van der Waals surface area contributed by atoms with Gasteiger partial charge in [0.25, 0.3) is 0 Å². The highest BCUT2D eigenvalue weighted by atomic mass is 32.2. The molecule has 34 heavy (non-hydrogen) atoms. The Morgan fingerprint density at radius 2 is 1.71 bits per heavy atom. The Bertz CT molecular complexity index is 1260. The van der Waals surface area contributed by atoms with E-state index >= 15 is 0 Å². The Hall–Kier alpha value is -3.02. The van der Waals surface area contributed by atoms with Crippen LogP contribution in [0.1, 0.15) is 45.3 Å². The van der Waals surface area contributed by atoms with Crippen molar-refractivity contribution >= 4 is 28.9 Å². The maximum Gasteiger partial charge on any atom is 0.374 e. The molecule has 0 aliphatic rings. The minimum Gasteiger partial charge on any atom is -0.460 e. The third-order valence-electron chi connectivity index (χ3n) is 6.07. The number of carbonyl (C=O) groups is 1. The van der Waals surface area contributed by atoms with Crippen LogP contribution < -0.4 is 0 Å². The molecule has 0 atom stereocenters. The minimum absolute atomic E-state index is 0.287. The van der Waals surface area contributed by atoms with Gasteiger partial charge in [-0.1, -0.05) is 48.5 Å². The summed E-state index contributed by atoms with van der Waals surface area (Å²) in [6.07, 6.45) is 0.971. The van der Waals surface area contributed by atoms with Gasteiger partial charge in [-0.2, -0.15) is 0 Å². The molecule has 4 rings (SSSR count). The molecule has 0 saturated carbocycles. The highest BCUT2D eigenvalue weighted by Crippen LogP contribution is 2.33. The van der Waals surface area contributed by atoms with Gasteiger partial charge >= 0.3 is 5.97 Å². The first kappa shape index (κ1) is 24.1. The topological polar surface area (TPSA) is 42.7 Å². The summed E-state index contributed by atoms with van der Waals surface area (Å²) in [4.78, 5) is 13.4. The lowest BCUT2D eigenvalue weighted by Crippen LogP contribution is -2.19. The number of ether oxygens (including phenoxy) is 1. The number of hydrogen-bond acceptors (Lipinski definition) is 5. The molecule has 0 unspecified atom stereocenters. The number of furan rings is 1. The van der Waals surface area contributed by atoms with Crippen LogP contribution >= 0.6 is 11.9 Å². The molecule has 1 heterocycles. The van der Waals surface area contributed by atoms with Crippen LogP contribution in [0, 0.1) is 20.8 Å². The molecule has 0 bridgehead atoms. The quantitative estimate of drug-likeness (QED) is 0.189. The summed E-state index contributed by atoms with van der Waals surface area (Å²) in [5.41, 5.74) is 6.84. The second-order valence-electron chi connectivity index (χ2n) is 8.50. The minimum atomic E-state index is -0.412. The van der Waals surface area contributed by atoms with Crippen molar-refractivity contribution in [2.45, 2.75) is 45.6 Å². The van der Waals surface area contributed by atoms with Gasteiger partial charge in [0, 0.05) is 28.9 Å². The van der Waals surface area contributed by atoms with E-state index in [9.17, 15) is 4.79 Å². The Morgan fingerprint density at radius 3 is 2.41 bits per heavy atom. The number of nitrogens with zero attached hydrogens (tertiary/aromatic N) is 1. The van der Waals surface area contributed by atoms with E-state index in [2.05, 4.69) is 78.8 Å². The van der Waals surface area contributed by atoms with Gasteiger partial charge in [0.2, 0.25) is 5.76 Å². The third kappa shape index (κ3) is 5.54. The summed E-state index contributed by atoms with van der Waals surface area (Å²) >= 11 is 1.75. The lowest BCUT2D eigenvalue weighted by molar-refractivity contribution is 0.0491. The van der Waals surface area contributed by atoms with Crippen molar-refractivity contribution in [2.75, 3.05) is 13.2 Å². The zero-order valence-corrected chi connectivity index (χ0v) is 21.1. The van der Waals surface area contributed by atoms with Crippen LogP contribution in [0.15, 0.2) is 76.0 Å². The van der Waals surface area contributed by atoms with Crippen molar-refractivity contribution in [3.63, 3.8) is 0 Å². The number of rotatable bonds is 9. The van der Waals surface area contributed by atoms with Gasteiger partial charge < -0.3 is 9.15 Å². The molecule has 0 radical (unpaired) electrons. The molecule has 5 heteroatoms. The summed E-state index contributed by atoms with van der Waals surface area (Å²) in [6.45, 7) is 10.2. The maximum atomic E-state index is 12.3. The van der Waals surface area contributed by atoms with Gasteiger partial charge in [0.1, 0.15) is 5.58 Å². The van der Waals surface area contributed by atoms with Gasteiger partial charge in [-0.15, -0.1) is 0 Å². The number of hydrogen-bond donors (Lipinski definition) is 0. The SMILES string of the molecule is CCOC(=O)c1oc2ccc(SN(CCc3ccccc3)Cc3c(C)cccc3C)cc2c1C. The first-order chi connectivity index (χ1) is 16.5. The van der Waals surface area contributed by atoms with Crippen LogP contribution in [-0.2, 0) is 17.7 Å². The second-order valence-corrected chi connectivity index (χ2v) is 9.67. The molecule has 176 valence electrons. The molecule has 0 saturated heterocycles. The molecule has 0 amide bonds. The highest BCUT2D eigenvalue weighted by molar-refractivity contribution is 7.97. The number of fused-ring (bicyclic) bond motifs is 1. The molecule has 1 aromatic heterocycles. The van der Waals surface area contributed by atoms with Crippen LogP contribution in [-0.4, -0.2) is 23.4 Å². The van der Waals surface area contributed by atoms with Crippen molar-refractivity contribution in [1.29, 1.82) is 0 Å². The van der Waals surface area contributed by atoms with Crippen molar-refractivity contribution in [3.8, 4) is 0 Å². The molecule has 0 spiro atoms. The largest absolute Gasteiger partial charge is 0.460 e. The maximum absolute atomic E-state index is 12.3. The predicted octanol–water partition coefficient (Wildman–Crippen LogP) is 7.29. The van der Waals surface area contributed by atoms with Crippen LogP contribution in [0.25, 0.3) is 11.0 Å². The van der Waals surface area contributed by atoms with Gasteiger partial charge in [-0.05, 0) is 86.5 Å². The molecular weight excluding hydrogens is 442 g/mol. The van der Waals surface area contributed by atoms with Gasteiger partial charge in [0.15, 0.2) is 0 Å². The van der Waals surface area contributed by atoms with E-state index in [0.29, 0.717) is 12.2 Å². The summed E-state index contributed by atoms with van der Waals surface area (Å²) in [6, 6.07) is 23.2. The Morgan fingerprint density at radius 1 is 0.971 bits per heavy atom. The fourth-order valence-corrected chi connectivity index (χ4v) is 5.10. The van der Waals surface area contributed by atoms with Crippen molar-refractivity contribution in [2.24, 2.45) is 0 Å². The molecule has 0 fully saturated rings. The third-order valence-corrected chi connectivity index (χ3v) is 7.11. The van der Waals surface area contributed by atoms with E-state index < -0.39 is 5.97 Å². The number of esters is 1. The van der Waals surface area contributed by atoms with Crippen molar-refractivity contribution < 1.29 is 13.9 Å². The molecule has 3 aromatic carbocycles. The van der Waals surface area contributed by atoms with E-state index in [1.54, 1.807) is 18.9 Å². The first-order valence-corrected chi connectivity index (χ1v) is 12.5. The van der Waals surface area contributed by atoms with E-state index in [1.165, 1.54) is 22.3 Å². The van der Waals surface area contributed by atoms with Crippen molar-refractivity contribution in [1.82, 2.24) is 4.31 Å². The van der Waals surface area contributed by atoms with Crippen molar-refractivity contribution in [3.05, 3.63) is 100 Å². The second kappa shape index (κ2) is 10.9. The Kier molecular flexibility index (Phi) is 7.76. The molecular formula is C29H31NO3S. The number of carbonyl (C=O) groups excluding carboxylic acids is 1. The van der Waals surface area contributed by atoms with E-state index in [-0.39, 0.29) is 5.76 Å². The Labute approximate surface area is 206 Å².